The second-order valence-corrected chi connectivity index (χ2v) is 4.35. The number of rotatable bonds is 6. The molecule has 2 aromatic rings. The Labute approximate surface area is 120 Å². The number of hydrogen-bond acceptors (Lipinski definition) is 5. The fraction of sp³-hybridized carbons (Fsp3) is 0.143. The number of aliphatic carboxylic acids is 1. The third-order valence-electron chi connectivity index (χ3n) is 2.87. The molecule has 0 saturated carbocycles. The fourth-order valence-corrected chi connectivity index (χ4v) is 1.87. The SMILES string of the molecule is O=C(O)C(Cc1ccccc1)Nc1ncccc1[N+](=O)[O-]. The number of hydrogen-bond donors (Lipinski definition) is 2. The van der Waals surface area contributed by atoms with E-state index in [-0.39, 0.29) is 17.9 Å². The summed E-state index contributed by atoms with van der Waals surface area (Å²) in [7, 11) is 0. The minimum atomic E-state index is -1.10. The molecular weight excluding hydrogens is 274 g/mol. The van der Waals surface area contributed by atoms with Gasteiger partial charge in [0.15, 0.2) is 0 Å². The van der Waals surface area contributed by atoms with Gasteiger partial charge in [0.05, 0.1) is 4.92 Å². The molecule has 1 unspecified atom stereocenters. The Bertz CT molecular complexity index is 646. The van der Waals surface area contributed by atoms with Crippen LogP contribution in [0.3, 0.4) is 0 Å². The standard InChI is InChI=1S/C14H13N3O4/c18-14(19)11(9-10-5-2-1-3-6-10)16-13-12(17(20)21)7-4-8-15-13/h1-8,11H,9H2,(H,15,16)(H,18,19). The van der Waals surface area contributed by atoms with Crippen LogP contribution in [0.5, 0.6) is 0 Å². The molecule has 0 saturated heterocycles. The smallest absolute Gasteiger partial charge is 0.326 e. The van der Waals surface area contributed by atoms with Gasteiger partial charge in [0.2, 0.25) is 5.82 Å². The van der Waals surface area contributed by atoms with Crippen molar-refractivity contribution in [3.05, 3.63) is 64.3 Å². The molecule has 0 aliphatic heterocycles. The van der Waals surface area contributed by atoms with Gasteiger partial charge in [-0.05, 0) is 11.6 Å². The van der Waals surface area contributed by atoms with Crippen molar-refractivity contribution in [2.75, 3.05) is 5.32 Å². The summed E-state index contributed by atoms with van der Waals surface area (Å²) in [4.78, 5) is 25.5. The van der Waals surface area contributed by atoms with Crippen molar-refractivity contribution in [2.45, 2.75) is 12.5 Å². The first-order chi connectivity index (χ1) is 10.1. The summed E-state index contributed by atoms with van der Waals surface area (Å²) in [6.45, 7) is 0. The largest absolute Gasteiger partial charge is 0.480 e. The number of nitrogens with one attached hydrogen (secondary N) is 1. The van der Waals surface area contributed by atoms with Gasteiger partial charge in [0.1, 0.15) is 6.04 Å². The number of carbonyl (C=O) groups is 1. The lowest BCUT2D eigenvalue weighted by atomic mass is 10.1. The second-order valence-electron chi connectivity index (χ2n) is 4.35. The summed E-state index contributed by atoms with van der Waals surface area (Å²) >= 11 is 0. The lowest BCUT2D eigenvalue weighted by molar-refractivity contribution is -0.384. The lowest BCUT2D eigenvalue weighted by Gasteiger charge is -2.15. The highest BCUT2D eigenvalue weighted by atomic mass is 16.6. The topological polar surface area (TPSA) is 105 Å². The van der Waals surface area contributed by atoms with E-state index >= 15 is 0 Å². The van der Waals surface area contributed by atoms with Crippen LogP contribution in [0.25, 0.3) is 0 Å². The number of benzene rings is 1. The molecule has 2 rings (SSSR count). The van der Waals surface area contributed by atoms with E-state index < -0.39 is 16.9 Å². The number of pyridine rings is 1. The number of carboxylic acids is 1. The highest BCUT2D eigenvalue weighted by Gasteiger charge is 2.23. The summed E-state index contributed by atoms with van der Waals surface area (Å²) in [5.41, 5.74) is 0.563. The van der Waals surface area contributed by atoms with Crippen molar-refractivity contribution in [1.29, 1.82) is 0 Å². The Morgan fingerprint density at radius 3 is 2.62 bits per heavy atom. The Balaban J connectivity index is 2.21. The maximum Gasteiger partial charge on any atom is 0.326 e. The van der Waals surface area contributed by atoms with Gasteiger partial charge in [-0.1, -0.05) is 30.3 Å². The van der Waals surface area contributed by atoms with Gasteiger partial charge in [-0.25, -0.2) is 9.78 Å². The molecule has 0 spiro atoms. The zero-order chi connectivity index (χ0) is 15.2. The summed E-state index contributed by atoms with van der Waals surface area (Å²) in [5.74, 6) is -1.15. The quantitative estimate of drug-likeness (QED) is 0.622. The summed E-state index contributed by atoms with van der Waals surface area (Å²) in [6, 6.07) is 10.7. The molecule has 0 bridgehead atoms. The third kappa shape index (κ3) is 3.75. The van der Waals surface area contributed by atoms with Crippen molar-refractivity contribution in [2.24, 2.45) is 0 Å². The lowest BCUT2D eigenvalue weighted by Crippen LogP contribution is -2.32. The van der Waals surface area contributed by atoms with E-state index in [0.29, 0.717) is 0 Å². The molecule has 1 atom stereocenters. The van der Waals surface area contributed by atoms with Crippen molar-refractivity contribution in [1.82, 2.24) is 4.98 Å². The summed E-state index contributed by atoms with van der Waals surface area (Å²) in [6.07, 6.45) is 1.57. The fourth-order valence-electron chi connectivity index (χ4n) is 1.87. The normalized spacial score (nSPS) is 11.6. The molecule has 1 aromatic carbocycles. The highest BCUT2D eigenvalue weighted by molar-refractivity contribution is 5.78. The average Bonchev–Trinajstić information content (AvgIpc) is 2.48. The van der Waals surface area contributed by atoms with E-state index in [1.807, 2.05) is 6.07 Å². The molecule has 7 nitrogen and oxygen atoms in total. The van der Waals surface area contributed by atoms with Crippen LogP contribution in [0.4, 0.5) is 11.5 Å². The molecule has 1 heterocycles. The maximum absolute atomic E-state index is 11.3. The van der Waals surface area contributed by atoms with E-state index in [4.69, 9.17) is 0 Å². The van der Waals surface area contributed by atoms with Crippen molar-refractivity contribution in [3.63, 3.8) is 0 Å². The predicted molar refractivity (Wildman–Crippen MR) is 76.1 cm³/mol. The van der Waals surface area contributed by atoms with Gasteiger partial charge in [-0.15, -0.1) is 0 Å². The number of anilines is 1. The molecule has 2 N–H and O–H groups in total. The minimum absolute atomic E-state index is 0.0502. The van der Waals surface area contributed by atoms with E-state index in [2.05, 4.69) is 10.3 Å². The van der Waals surface area contributed by atoms with E-state index in [1.54, 1.807) is 24.3 Å². The van der Waals surface area contributed by atoms with E-state index in [0.717, 1.165) is 5.56 Å². The molecule has 0 radical (unpaired) electrons. The molecule has 108 valence electrons. The Morgan fingerprint density at radius 1 is 1.29 bits per heavy atom. The van der Waals surface area contributed by atoms with E-state index in [1.165, 1.54) is 18.3 Å². The third-order valence-corrected chi connectivity index (χ3v) is 2.87. The van der Waals surface area contributed by atoms with Crippen LogP contribution in [0.1, 0.15) is 5.56 Å². The Hall–Kier alpha value is -2.96. The molecule has 0 aliphatic rings. The number of carboxylic acid groups (broad SMARTS) is 1. The molecule has 0 aliphatic carbocycles. The molecule has 0 fully saturated rings. The Kier molecular flexibility index (Phi) is 4.45. The summed E-state index contributed by atoms with van der Waals surface area (Å²) in [5, 5.41) is 22.8. The van der Waals surface area contributed by atoms with Crippen LogP contribution in [-0.4, -0.2) is 27.0 Å². The summed E-state index contributed by atoms with van der Waals surface area (Å²) < 4.78 is 0. The predicted octanol–water partition coefficient (Wildman–Crippen LogP) is 2.10. The average molecular weight is 287 g/mol. The zero-order valence-electron chi connectivity index (χ0n) is 11.0. The van der Waals surface area contributed by atoms with Crippen LogP contribution in [-0.2, 0) is 11.2 Å². The van der Waals surface area contributed by atoms with Gasteiger partial charge >= 0.3 is 11.7 Å². The molecule has 0 amide bonds. The van der Waals surface area contributed by atoms with Crippen LogP contribution in [0.15, 0.2) is 48.7 Å². The van der Waals surface area contributed by atoms with E-state index in [9.17, 15) is 20.0 Å². The molecule has 7 heteroatoms. The first-order valence-corrected chi connectivity index (χ1v) is 6.20. The van der Waals surface area contributed by atoms with Crippen LogP contribution < -0.4 is 5.32 Å². The maximum atomic E-state index is 11.3. The molecule has 21 heavy (non-hydrogen) atoms. The van der Waals surface area contributed by atoms with Crippen molar-refractivity contribution in [3.8, 4) is 0 Å². The zero-order valence-corrected chi connectivity index (χ0v) is 11.0. The van der Waals surface area contributed by atoms with Gasteiger partial charge in [0, 0.05) is 18.7 Å². The monoisotopic (exact) mass is 287 g/mol. The first-order valence-electron chi connectivity index (χ1n) is 6.20. The van der Waals surface area contributed by atoms with Crippen molar-refractivity contribution < 1.29 is 14.8 Å². The second kappa shape index (κ2) is 6.47. The molecule has 1 aromatic heterocycles. The highest BCUT2D eigenvalue weighted by Crippen LogP contribution is 2.21. The van der Waals surface area contributed by atoms with Crippen molar-refractivity contribution >= 4 is 17.5 Å². The minimum Gasteiger partial charge on any atom is -0.480 e. The van der Waals surface area contributed by atoms with Gasteiger partial charge in [0.25, 0.3) is 0 Å². The van der Waals surface area contributed by atoms with Gasteiger partial charge < -0.3 is 10.4 Å². The first kappa shape index (κ1) is 14.4. The number of aromatic nitrogens is 1. The van der Waals surface area contributed by atoms with Crippen LogP contribution in [0.2, 0.25) is 0 Å². The number of nitro groups is 1. The van der Waals surface area contributed by atoms with Gasteiger partial charge in [-0.2, -0.15) is 0 Å². The van der Waals surface area contributed by atoms with Crippen LogP contribution in [0, 0.1) is 10.1 Å². The van der Waals surface area contributed by atoms with Gasteiger partial charge in [-0.3, -0.25) is 10.1 Å². The Morgan fingerprint density at radius 2 is 2.00 bits per heavy atom. The number of nitrogens with zero attached hydrogens (tertiary/aromatic N) is 2. The molecular formula is C14H13N3O4. The van der Waals surface area contributed by atoms with Crippen LogP contribution >= 0.6 is 0 Å².